The van der Waals surface area contributed by atoms with E-state index in [0.29, 0.717) is 23.3 Å². The molecule has 0 aliphatic rings. The molecule has 5 heteroatoms. The van der Waals surface area contributed by atoms with Gasteiger partial charge in [0, 0.05) is 16.7 Å². The predicted molar refractivity (Wildman–Crippen MR) is 131 cm³/mol. The molecule has 0 unspecified atom stereocenters. The molecule has 2 nitrogen and oxygen atoms in total. The van der Waals surface area contributed by atoms with E-state index in [1.54, 1.807) is 30.3 Å². The highest BCUT2D eigenvalue weighted by Crippen LogP contribution is 2.39. The van der Waals surface area contributed by atoms with E-state index in [1.165, 1.54) is 0 Å². The second kappa shape index (κ2) is 10.9. The highest BCUT2D eigenvalue weighted by Gasteiger charge is 2.25. The van der Waals surface area contributed by atoms with Gasteiger partial charge in [-0.25, -0.2) is 0 Å². The summed E-state index contributed by atoms with van der Waals surface area (Å²) in [6, 6.07) is 22.1. The van der Waals surface area contributed by atoms with Crippen LogP contribution in [0.4, 0.5) is 0 Å². The van der Waals surface area contributed by atoms with Crippen molar-refractivity contribution in [3.8, 4) is 5.75 Å². The molecule has 0 bridgehead atoms. The fourth-order valence-corrected chi connectivity index (χ4v) is 3.37. The third-order valence-corrected chi connectivity index (χ3v) is 5.42. The van der Waals surface area contributed by atoms with Crippen LogP contribution in [0.25, 0.3) is 12.2 Å². The lowest BCUT2D eigenvalue weighted by molar-refractivity contribution is 0.103. The zero-order chi connectivity index (χ0) is 22.3. The summed E-state index contributed by atoms with van der Waals surface area (Å²) in [5.74, 6) is 0.716. The van der Waals surface area contributed by atoms with Crippen molar-refractivity contribution >= 4 is 52.7 Å². The maximum atomic E-state index is 13.1. The highest BCUT2D eigenvalue weighted by molar-refractivity contribution is 6.66. The molecule has 0 atom stereocenters. The third-order valence-electron chi connectivity index (χ3n) is 4.76. The number of ketones is 1. The summed E-state index contributed by atoms with van der Waals surface area (Å²) in [6.45, 7) is 2.85. The van der Waals surface area contributed by atoms with E-state index >= 15 is 0 Å². The first kappa shape index (κ1) is 23.4. The number of benzene rings is 3. The summed E-state index contributed by atoms with van der Waals surface area (Å²) in [5.41, 5.74) is 3.24. The monoisotopic (exact) mass is 472 g/mol. The lowest BCUT2D eigenvalue weighted by Crippen LogP contribution is -2.08. The van der Waals surface area contributed by atoms with E-state index in [-0.39, 0.29) is 5.78 Å². The van der Waals surface area contributed by atoms with Crippen LogP contribution in [0.2, 0.25) is 0 Å². The Kier molecular flexibility index (Phi) is 8.20. The van der Waals surface area contributed by atoms with Gasteiger partial charge in [0.1, 0.15) is 5.75 Å². The number of hydrogen-bond acceptors (Lipinski definition) is 2. The van der Waals surface area contributed by atoms with Gasteiger partial charge < -0.3 is 4.74 Å². The molecule has 3 rings (SSSR count). The number of halogens is 3. The lowest BCUT2D eigenvalue weighted by Gasteiger charge is -2.14. The van der Waals surface area contributed by atoms with Gasteiger partial charge in [-0.05, 0) is 35.7 Å². The van der Waals surface area contributed by atoms with E-state index in [0.717, 1.165) is 29.7 Å². The summed E-state index contributed by atoms with van der Waals surface area (Å²) in [4.78, 5) is 13.1. The average Bonchev–Trinajstić information content (AvgIpc) is 2.78. The molecule has 3 aromatic carbocycles. The Morgan fingerprint density at radius 3 is 2.29 bits per heavy atom. The van der Waals surface area contributed by atoms with Gasteiger partial charge in [-0.3, -0.25) is 4.79 Å². The van der Waals surface area contributed by atoms with Gasteiger partial charge >= 0.3 is 0 Å². The quantitative estimate of drug-likeness (QED) is 0.143. The van der Waals surface area contributed by atoms with E-state index in [9.17, 15) is 4.79 Å². The van der Waals surface area contributed by atoms with Crippen LogP contribution in [0.1, 0.15) is 52.4 Å². The molecule has 31 heavy (non-hydrogen) atoms. The third kappa shape index (κ3) is 6.61. The van der Waals surface area contributed by atoms with Crippen molar-refractivity contribution in [3.63, 3.8) is 0 Å². The maximum Gasteiger partial charge on any atom is 0.216 e. The van der Waals surface area contributed by atoms with Crippen LogP contribution >= 0.6 is 34.8 Å². The summed E-state index contributed by atoms with van der Waals surface area (Å²) < 4.78 is 4.09. The lowest BCUT2D eigenvalue weighted by atomic mass is 9.96. The van der Waals surface area contributed by atoms with Crippen LogP contribution < -0.4 is 4.74 Å². The molecule has 0 radical (unpaired) electrons. The average molecular weight is 474 g/mol. The topological polar surface area (TPSA) is 26.3 Å². The SMILES string of the molecule is CCCCOc1ccc(C=Cc2ccc(C(Cl)(Cl)Cl)cc2C(=O)c2ccccc2)cc1. The molecule has 0 fully saturated rings. The second-order valence-electron chi connectivity index (χ2n) is 7.10. The Bertz CT molecular complexity index is 1040. The smallest absolute Gasteiger partial charge is 0.216 e. The molecule has 0 aliphatic heterocycles. The number of ether oxygens (including phenoxy) is 1. The van der Waals surface area contributed by atoms with Crippen LogP contribution in [-0.4, -0.2) is 12.4 Å². The minimum absolute atomic E-state index is 0.129. The van der Waals surface area contributed by atoms with Crippen LogP contribution in [0.3, 0.4) is 0 Å². The standard InChI is InChI=1S/C26H23Cl3O2/c1-2-3-17-31-23-15-10-19(11-16-23)9-12-20-13-14-22(26(27,28)29)18-24(20)25(30)21-7-5-4-6-8-21/h4-16,18H,2-3,17H2,1H3. The Balaban J connectivity index is 1.88. The Labute approximate surface area is 198 Å². The van der Waals surface area contributed by atoms with E-state index in [1.807, 2.05) is 54.6 Å². The molecule has 160 valence electrons. The van der Waals surface area contributed by atoms with Crippen molar-refractivity contribution in [3.05, 3.63) is 101 Å². The molecule has 0 aliphatic carbocycles. The molecule has 0 saturated carbocycles. The van der Waals surface area contributed by atoms with Crippen LogP contribution in [0, 0.1) is 0 Å². The molecule has 3 aromatic rings. The number of hydrogen-bond donors (Lipinski definition) is 0. The van der Waals surface area contributed by atoms with Gasteiger partial charge in [0.15, 0.2) is 5.78 Å². The van der Waals surface area contributed by atoms with Crippen molar-refractivity contribution < 1.29 is 9.53 Å². The summed E-state index contributed by atoms with van der Waals surface area (Å²) >= 11 is 18.2. The second-order valence-corrected chi connectivity index (χ2v) is 9.38. The van der Waals surface area contributed by atoms with Crippen molar-refractivity contribution in [2.45, 2.75) is 23.6 Å². The largest absolute Gasteiger partial charge is 0.494 e. The minimum Gasteiger partial charge on any atom is -0.494 e. The Morgan fingerprint density at radius 2 is 1.65 bits per heavy atom. The van der Waals surface area contributed by atoms with E-state index < -0.39 is 3.79 Å². The molecular formula is C26H23Cl3O2. The first-order valence-electron chi connectivity index (χ1n) is 10.1. The van der Waals surface area contributed by atoms with Gasteiger partial charge in [-0.2, -0.15) is 0 Å². The molecular weight excluding hydrogens is 451 g/mol. The van der Waals surface area contributed by atoms with Gasteiger partial charge in [0.05, 0.1) is 6.61 Å². The maximum absolute atomic E-state index is 13.1. The Hall–Kier alpha value is -2.26. The first-order chi connectivity index (χ1) is 14.9. The number of unbranched alkanes of at least 4 members (excludes halogenated alkanes) is 1. The molecule has 0 N–H and O–H groups in total. The van der Waals surface area contributed by atoms with Crippen LogP contribution in [0.5, 0.6) is 5.75 Å². The number of rotatable bonds is 8. The fraction of sp³-hybridized carbons (Fsp3) is 0.192. The van der Waals surface area contributed by atoms with Crippen molar-refractivity contribution in [1.29, 1.82) is 0 Å². The van der Waals surface area contributed by atoms with Crippen LogP contribution in [-0.2, 0) is 3.79 Å². The minimum atomic E-state index is -1.61. The molecule has 0 amide bonds. The normalized spacial score (nSPS) is 11.6. The molecule has 0 aromatic heterocycles. The van der Waals surface area contributed by atoms with Crippen molar-refractivity contribution in [2.75, 3.05) is 6.61 Å². The van der Waals surface area contributed by atoms with E-state index in [2.05, 4.69) is 6.92 Å². The molecule has 0 saturated heterocycles. The Morgan fingerprint density at radius 1 is 0.935 bits per heavy atom. The fourth-order valence-electron chi connectivity index (χ4n) is 3.02. The molecule has 0 spiro atoms. The van der Waals surface area contributed by atoms with Gasteiger partial charge in [-0.15, -0.1) is 0 Å². The number of carbonyl (C=O) groups is 1. The van der Waals surface area contributed by atoms with Crippen LogP contribution in [0.15, 0.2) is 72.8 Å². The number of alkyl halides is 3. The summed E-state index contributed by atoms with van der Waals surface area (Å²) in [7, 11) is 0. The zero-order valence-corrected chi connectivity index (χ0v) is 19.4. The number of carbonyl (C=O) groups excluding carboxylic acids is 1. The first-order valence-corrected chi connectivity index (χ1v) is 11.2. The van der Waals surface area contributed by atoms with E-state index in [4.69, 9.17) is 39.5 Å². The van der Waals surface area contributed by atoms with Gasteiger partial charge in [0.2, 0.25) is 3.79 Å². The van der Waals surface area contributed by atoms with Crippen molar-refractivity contribution in [1.82, 2.24) is 0 Å². The van der Waals surface area contributed by atoms with Crippen molar-refractivity contribution in [2.24, 2.45) is 0 Å². The summed E-state index contributed by atoms with van der Waals surface area (Å²) in [5, 5.41) is 0. The zero-order valence-electron chi connectivity index (χ0n) is 17.2. The predicted octanol–water partition coefficient (Wildman–Crippen LogP) is 8.09. The molecule has 0 heterocycles. The van der Waals surface area contributed by atoms with Gasteiger partial charge in [-0.1, -0.05) is 115 Å². The van der Waals surface area contributed by atoms with Gasteiger partial charge in [0.25, 0.3) is 0 Å². The summed E-state index contributed by atoms with van der Waals surface area (Å²) in [6.07, 6.45) is 5.97. The highest BCUT2D eigenvalue weighted by atomic mass is 35.6.